The summed E-state index contributed by atoms with van der Waals surface area (Å²) in [6.07, 6.45) is -1.14. The van der Waals surface area contributed by atoms with Gasteiger partial charge in [0.15, 0.2) is 0 Å². The number of halogens is 2. The van der Waals surface area contributed by atoms with Gasteiger partial charge in [-0.25, -0.2) is 4.39 Å². The van der Waals surface area contributed by atoms with Crippen molar-refractivity contribution in [3.05, 3.63) is 0 Å². The van der Waals surface area contributed by atoms with Crippen LogP contribution < -0.4 is 5.73 Å². The molecule has 0 heterocycles. The lowest BCUT2D eigenvalue weighted by molar-refractivity contribution is -0.143. The van der Waals surface area contributed by atoms with E-state index in [2.05, 4.69) is 15.9 Å². The number of nitrogens with two attached hydrogens (primary N) is 1. The number of alkyl halides is 2. The Morgan fingerprint density at radius 2 is 2.27 bits per heavy atom. The number of aliphatic carboxylic acids is 1. The summed E-state index contributed by atoms with van der Waals surface area (Å²) in [5, 5.41) is 8.50. The first-order valence-electron chi connectivity index (χ1n) is 3.30. The lowest BCUT2D eigenvalue weighted by Crippen LogP contribution is -2.35. The van der Waals surface area contributed by atoms with Crippen LogP contribution in [0.2, 0.25) is 0 Å². The van der Waals surface area contributed by atoms with E-state index in [0.717, 1.165) is 0 Å². The smallest absolute Gasteiger partial charge is 0.309 e. The highest BCUT2D eigenvalue weighted by Crippen LogP contribution is 2.32. The fourth-order valence-corrected chi connectivity index (χ4v) is 1.93. The number of carboxylic acids is 1. The maximum absolute atomic E-state index is 12.9. The van der Waals surface area contributed by atoms with Gasteiger partial charge in [-0.05, 0) is 6.42 Å². The van der Waals surface area contributed by atoms with Crippen molar-refractivity contribution < 1.29 is 14.3 Å². The van der Waals surface area contributed by atoms with Crippen LogP contribution in [-0.4, -0.2) is 28.1 Å². The first-order chi connectivity index (χ1) is 5.04. The molecule has 1 aliphatic rings. The van der Waals surface area contributed by atoms with E-state index in [-0.39, 0.29) is 11.2 Å². The second-order valence-corrected chi connectivity index (χ2v) is 3.89. The summed E-state index contributed by atoms with van der Waals surface area (Å²) < 4.78 is 12.9. The molecule has 0 radical (unpaired) electrons. The quantitative estimate of drug-likeness (QED) is 0.640. The van der Waals surface area contributed by atoms with Crippen LogP contribution >= 0.6 is 15.9 Å². The Kier molecular flexibility index (Phi) is 2.49. The van der Waals surface area contributed by atoms with Gasteiger partial charge in [0.2, 0.25) is 0 Å². The van der Waals surface area contributed by atoms with Crippen LogP contribution in [0.3, 0.4) is 0 Å². The zero-order valence-electron chi connectivity index (χ0n) is 5.71. The molecule has 4 atom stereocenters. The van der Waals surface area contributed by atoms with E-state index in [0.29, 0.717) is 0 Å². The Hall–Kier alpha value is -0.160. The fourth-order valence-electron chi connectivity index (χ4n) is 1.23. The molecule has 0 unspecified atom stereocenters. The molecule has 1 aliphatic carbocycles. The number of carbonyl (C=O) groups is 1. The van der Waals surface area contributed by atoms with Crippen LogP contribution in [-0.2, 0) is 4.79 Å². The van der Waals surface area contributed by atoms with Gasteiger partial charge in [0.05, 0.1) is 5.92 Å². The third-order valence-corrected chi connectivity index (χ3v) is 2.95. The molecule has 3 nitrogen and oxygen atoms in total. The van der Waals surface area contributed by atoms with Crippen LogP contribution in [0.5, 0.6) is 0 Å². The Balaban J connectivity index is 2.67. The van der Waals surface area contributed by atoms with Crippen LogP contribution in [0.15, 0.2) is 0 Å². The third kappa shape index (κ3) is 1.54. The lowest BCUT2D eigenvalue weighted by atomic mass is 10.1. The standard InChI is InChI=1S/C6H9BrFNO2/c7-3-1-2(6(10)11)4(8)5(3)9/h2-5H,1,9H2,(H,10,11)/t2-,3-,4-,5+/m0/s1. The van der Waals surface area contributed by atoms with Gasteiger partial charge in [-0.2, -0.15) is 0 Å². The highest BCUT2D eigenvalue weighted by atomic mass is 79.9. The van der Waals surface area contributed by atoms with Crippen LogP contribution in [0.1, 0.15) is 6.42 Å². The van der Waals surface area contributed by atoms with E-state index < -0.39 is 24.1 Å². The number of carboxylic acid groups (broad SMARTS) is 1. The lowest BCUT2D eigenvalue weighted by Gasteiger charge is -2.10. The molecule has 0 aliphatic heterocycles. The molecule has 0 spiro atoms. The van der Waals surface area contributed by atoms with Gasteiger partial charge in [0.1, 0.15) is 6.17 Å². The van der Waals surface area contributed by atoms with Gasteiger partial charge in [-0.3, -0.25) is 4.79 Å². The van der Waals surface area contributed by atoms with E-state index in [1.807, 2.05) is 0 Å². The second kappa shape index (κ2) is 3.06. The van der Waals surface area contributed by atoms with Gasteiger partial charge in [-0.1, -0.05) is 15.9 Å². The number of hydrogen-bond acceptors (Lipinski definition) is 2. The minimum Gasteiger partial charge on any atom is -0.481 e. The summed E-state index contributed by atoms with van der Waals surface area (Å²) >= 11 is 3.12. The predicted molar refractivity (Wildman–Crippen MR) is 41.3 cm³/mol. The molecule has 11 heavy (non-hydrogen) atoms. The molecule has 0 aromatic heterocycles. The van der Waals surface area contributed by atoms with Gasteiger partial charge in [0.25, 0.3) is 0 Å². The van der Waals surface area contributed by atoms with Crippen LogP contribution in [0.4, 0.5) is 4.39 Å². The molecule has 0 amide bonds. The molecule has 0 bridgehead atoms. The monoisotopic (exact) mass is 225 g/mol. The van der Waals surface area contributed by atoms with Gasteiger partial charge in [-0.15, -0.1) is 0 Å². The number of hydrogen-bond donors (Lipinski definition) is 2. The minimum atomic E-state index is -1.42. The summed E-state index contributed by atoms with van der Waals surface area (Å²) in [6.45, 7) is 0. The van der Waals surface area contributed by atoms with Crippen molar-refractivity contribution in [2.75, 3.05) is 0 Å². The summed E-state index contributed by atoms with van der Waals surface area (Å²) in [7, 11) is 0. The average molecular weight is 226 g/mol. The summed E-state index contributed by atoms with van der Waals surface area (Å²) in [4.78, 5) is 10.2. The zero-order valence-corrected chi connectivity index (χ0v) is 7.29. The van der Waals surface area contributed by atoms with Gasteiger partial charge < -0.3 is 10.8 Å². The Bertz CT molecular complexity index is 178. The van der Waals surface area contributed by atoms with Crippen molar-refractivity contribution in [1.82, 2.24) is 0 Å². The first kappa shape index (κ1) is 8.93. The Morgan fingerprint density at radius 3 is 2.45 bits per heavy atom. The second-order valence-electron chi connectivity index (χ2n) is 2.72. The molecular formula is C6H9BrFNO2. The van der Waals surface area contributed by atoms with Gasteiger partial charge in [0, 0.05) is 10.9 Å². The topological polar surface area (TPSA) is 63.3 Å². The van der Waals surface area contributed by atoms with E-state index in [9.17, 15) is 9.18 Å². The van der Waals surface area contributed by atoms with Crippen molar-refractivity contribution in [3.8, 4) is 0 Å². The number of rotatable bonds is 1. The Labute approximate surface area is 71.9 Å². The van der Waals surface area contributed by atoms with Crippen LogP contribution in [0, 0.1) is 5.92 Å². The largest absolute Gasteiger partial charge is 0.481 e. The minimum absolute atomic E-state index is 0.210. The fraction of sp³-hybridized carbons (Fsp3) is 0.833. The van der Waals surface area contributed by atoms with E-state index in [1.54, 1.807) is 0 Å². The normalized spacial score (nSPS) is 44.3. The van der Waals surface area contributed by atoms with Crippen molar-refractivity contribution in [2.24, 2.45) is 11.7 Å². The highest BCUT2D eigenvalue weighted by Gasteiger charge is 2.44. The molecule has 3 N–H and O–H groups in total. The van der Waals surface area contributed by atoms with Crippen molar-refractivity contribution in [1.29, 1.82) is 0 Å². The molecule has 1 rings (SSSR count). The summed E-state index contributed by atoms with van der Waals surface area (Å²) in [5.41, 5.74) is 5.36. The van der Waals surface area contributed by atoms with E-state index in [4.69, 9.17) is 10.8 Å². The van der Waals surface area contributed by atoms with Gasteiger partial charge >= 0.3 is 5.97 Å². The van der Waals surface area contributed by atoms with Crippen molar-refractivity contribution in [3.63, 3.8) is 0 Å². The molecule has 64 valence electrons. The molecule has 1 saturated carbocycles. The maximum Gasteiger partial charge on any atom is 0.309 e. The molecule has 1 fully saturated rings. The van der Waals surface area contributed by atoms with E-state index >= 15 is 0 Å². The summed E-state index contributed by atoms with van der Waals surface area (Å²) in [6, 6.07) is -0.684. The van der Waals surface area contributed by atoms with Crippen molar-refractivity contribution >= 4 is 21.9 Å². The zero-order chi connectivity index (χ0) is 8.59. The average Bonchev–Trinajstić information content (AvgIpc) is 2.17. The van der Waals surface area contributed by atoms with Crippen LogP contribution in [0.25, 0.3) is 0 Å². The molecular weight excluding hydrogens is 217 g/mol. The van der Waals surface area contributed by atoms with Crippen molar-refractivity contribution in [2.45, 2.75) is 23.5 Å². The molecule has 5 heteroatoms. The SMILES string of the molecule is N[C@H]1[C@@H](F)[C@@H](C(=O)O)C[C@@H]1Br. The first-order valence-corrected chi connectivity index (χ1v) is 4.22. The molecule has 0 saturated heterocycles. The van der Waals surface area contributed by atoms with E-state index in [1.165, 1.54) is 0 Å². The molecule has 0 aromatic carbocycles. The predicted octanol–water partition coefficient (Wildman–Crippen LogP) is 0.520. The maximum atomic E-state index is 12.9. The highest BCUT2D eigenvalue weighted by molar-refractivity contribution is 9.09. The Morgan fingerprint density at radius 1 is 1.73 bits per heavy atom. The molecule has 0 aromatic rings. The third-order valence-electron chi connectivity index (χ3n) is 1.97. The summed E-state index contributed by atoms with van der Waals surface area (Å²) in [5.74, 6) is -2.04.